The smallest absolute Gasteiger partial charge is 0.315 e. The van der Waals surface area contributed by atoms with E-state index in [0.29, 0.717) is 10.8 Å². The molecule has 0 radical (unpaired) electrons. The lowest BCUT2D eigenvalue weighted by Crippen LogP contribution is -2.47. The molecule has 1 aliphatic rings. The maximum atomic E-state index is 12.0. The lowest BCUT2D eigenvalue weighted by atomic mass is 10.0. The van der Waals surface area contributed by atoms with Crippen molar-refractivity contribution in [3.63, 3.8) is 0 Å². The molecular weight excluding hydrogens is 308 g/mol. The minimum atomic E-state index is -0.764. The zero-order chi connectivity index (χ0) is 15.3. The van der Waals surface area contributed by atoms with Crippen LogP contribution >= 0.6 is 23.4 Å². The number of carbonyl (C=O) groups excluding carboxylic acids is 1. The molecule has 2 amide bonds. The van der Waals surface area contributed by atoms with Crippen LogP contribution in [0.15, 0.2) is 24.3 Å². The summed E-state index contributed by atoms with van der Waals surface area (Å²) in [5.41, 5.74) is 0.218. The van der Waals surface area contributed by atoms with E-state index in [4.69, 9.17) is 11.6 Å². The second-order valence-corrected chi connectivity index (χ2v) is 6.91. The lowest BCUT2D eigenvalue weighted by molar-refractivity contribution is 0.0698. The van der Waals surface area contributed by atoms with Crippen molar-refractivity contribution in [2.45, 2.75) is 31.4 Å². The number of thioether (sulfide) groups is 1. The fourth-order valence-electron chi connectivity index (χ4n) is 2.33. The number of benzene rings is 1. The monoisotopic (exact) mass is 328 g/mol. The Bertz CT molecular complexity index is 492. The average Bonchev–Trinajstić information content (AvgIpc) is 2.90. The van der Waals surface area contributed by atoms with Crippen LogP contribution in [0.5, 0.6) is 0 Å². The first kappa shape index (κ1) is 16.5. The molecule has 4 nitrogen and oxygen atoms in total. The molecule has 1 fully saturated rings. The topological polar surface area (TPSA) is 61.4 Å². The van der Waals surface area contributed by atoms with Crippen LogP contribution in [0, 0.1) is 0 Å². The van der Waals surface area contributed by atoms with E-state index in [1.807, 2.05) is 31.2 Å². The second kappa shape index (κ2) is 7.38. The van der Waals surface area contributed by atoms with Gasteiger partial charge in [-0.3, -0.25) is 0 Å². The van der Waals surface area contributed by atoms with Crippen molar-refractivity contribution in [2.24, 2.45) is 0 Å². The Balaban J connectivity index is 1.88. The van der Waals surface area contributed by atoms with Gasteiger partial charge in [-0.2, -0.15) is 11.8 Å². The number of urea groups is 1. The number of aliphatic hydroxyl groups is 1. The third kappa shape index (κ3) is 4.80. The van der Waals surface area contributed by atoms with E-state index in [1.165, 1.54) is 0 Å². The molecule has 1 aliphatic heterocycles. The van der Waals surface area contributed by atoms with Gasteiger partial charge in [0.25, 0.3) is 0 Å². The van der Waals surface area contributed by atoms with Gasteiger partial charge in [-0.25, -0.2) is 4.79 Å². The molecule has 1 heterocycles. The standard InChI is InChI=1S/C15H21ClN2O2S/c1-2-13(11-4-3-5-12(16)8-11)18-14(19)17-9-15(20)6-7-21-10-15/h3-5,8,13,20H,2,6-7,9-10H2,1H3,(H2,17,18,19)/t13-,15-/m1/s1. The van der Waals surface area contributed by atoms with Crippen molar-refractivity contribution >= 4 is 29.4 Å². The number of amides is 2. The summed E-state index contributed by atoms with van der Waals surface area (Å²) in [6.07, 6.45) is 1.50. The number of nitrogens with one attached hydrogen (secondary N) is 2. The Morgan fingerprint density at radius 3 is 3.00 bits per heavy atom. The van der Waals surface area contributed by atoms with E-state index in [1.54, 1.807) is 11.8 Å². The first-order valence-corrected chi connectivity index (χ1v) is 8.66. The highest BCUT2D eigenvalue weighted by molar-refractivity contribution is 7.99. The van der Waals surface area contributed by atoms with Gasteiger partial charge >= 0.3 is 6.03 Å². The van der Waals surface area contributed by atoms with Gasteiger partial charge in [-0.05, 0) is 36.3 Å². The van der Waals surface area contributed by atoms with E-state index >= 15 is 0 Å². The first-order valence-electron chi connectivity index (χ1n) is 7.12. The maximum absolute atomic E-state index is 12.0. The highest BCUT2D eigenvalue weighted by atomic mass is 35.5. The Hall–Kier alpha value is -0.910. The number of hydrogen-bond acceptors (Lipinski definition) is 3. The van der Waals surface area contributed by atoms with Crippen molar-refractivity contribution in [3.05, 3.63) is 34.9 Å². The average molecular weight is 329 g/mol. The lowest BCUT2D eigenvalue weighted by Gasteiger charge is -2.23. The molecule has 21 heavy (non-hydrogen) atoms. The number of hydrogen-bond donors (Lipinski definition) is 3. The fraction of sp³-hybridized carbons (Fsp3) is 0.533. The van der Waals surface area contributed by atoms with Crippen molar-refractivity contribution < 1.29 is 9.90 Å². The van der Waals surface area contributed by atoms with Gasteiger partial charge in [-0.15, -0.1) is 0 Å². The molecule has 2 rings (SSSR count). The summed E-state index contributed by atoms with van der Waals surface area (Å²) >= 11 is 7.70. The molecule has 0 unspecified atom stereocenters. The van der Waals surface area contributed by atoms with Gasteiger partial charge in [-0.1, -0.05) is 30.7 Å². The Morgan fingerprint density at radius 1 is 1.57 bits per heavy atom. The predicted octanol–water partition coefficient (Wildman–Crippen LogP) is 2.96. The summed E-state index contributed by atoms with van der Waals surface area (Å²) in [7, 11) is 0. The Labute approximate surface area is 134 Å². The number of carbonyl (C=O) groups is 1. The van der Waals surface area contributed by atoms with Crippen LogP contribution in [0.4, 0.5) is 4.79 Å². The maximum Gasteiger partial charge on any atom is 0.315 e. The van der Waals surface area contributed by atoms with Crippen LogP contribution < -0.4 is 10.6 Å². The normalized spacial score (nSPS) is 22.8. The molecule has 2 atom stereocenters. The second-order valence-electron chi connectivity index (χ2n) is 5.37. The zero-order valence-corrected chi connectivity index (χ0v) is 13.6. The number of halogens is 1. The first-order chi connectivity index (χ1) is 10.0. The van der Waals surface area contributed by atoms with Crippen LogP contribution in [-0.4, -0.2) is 34.8 Å². The van der Waals surface area contributed by atoms with Gasteiger partial charge in [0.1, 0.15) is 0 Å². The van der Waals surface area contributed by atoms with Gasteiger partial charge in [0.15, 0.2) is 0 Å². The molecule has 0 aromatic heterocycles. The molecule has 0 saturated carbocycles. The molecule has 1 aromatic carbocycles. The third-order valence-corrected chi connectivity index (χ3v) is 5.09. The molecule has 1 aromatic rings. The van der Waals surface area contributed by atoms with Gasteiger partial charge < -0.3 is 15.7 Å². The Kier molecular flexibility index (Phi) is 5.79. The summed E-state index contributed by atoms with van der Waals surface area (Å²) in [4.78, 5) is 12.0. The summed E-state index contributed by atoms with van der Waals surface area (Å²) < 4.78 is 0. The molecule has 0 aliphatic carbocycles. The van der Waals surface area contributed by atoms with Crippen molar-refractivity contribution in [2.75, 3.05) is 18.1 Å². The van der Waals surface area contributed by atoms with Gasteiger partial charge in [0, 0.05) is 17.3 Å². The van der Waals surface area contributed by atoms with E-state index in [-0.39, 0.29) is 18.6 Å². The zero-order valence-electron chi connectivity index (χ0n) is 12.1. The number of rotatable bonds is 5. The molecule has 116 valence electrons. The Morgan fingerprint density at radius 2 is 2.38 bits per heavy atom. The molecule has 6 heteroatoms. The fourth-order valence-corrected chi connectivity index (χ4v) is 3.83. The van der Waals surface area contributed by atoms with Crippen molar-refractivity contribution in [1.29, 1.82) is 0 Å². The largest absolute Gasteiger partial charge is 0.387 e. The quantitative estimate of drug-likeness (QED) is 0.778. The highest BCUT2D eigenvalue weighted by Crippen LogP contribution is 2.27. The minimum Gasteiger partial charge on any atom is -0.387 e. The summed E-state index contributed by atoms with van der Waals surface area (Å²) in [6.45, 7) is 2.30. The summed E-state index contributed by atoms with van der Waals surface area (Å²) in [5.74, 6) is 1.62. The van der Waals surface area contributed by atoms with Crippen molar-refractivity contribution in [1.82, 2.24) is 10.6 Å². The predicted molar refractivity (Wildman–Crippen MR) is 87.9 cm³/mol. The summed E-state index contributed by atoms with van der Waals surface area (Å²) in [5, 5.41) is 16.6. The van der Waals surface area contributed by atoms with Crippen LogP contribution in [0.1, 0.15) is 31.4 Å². The molecule has 3 N–H and O–H groups in total. The third-order valence-electron chi connectivity index (χ3n) is 3.63. The van der Waals surface area contributed by atoms with Gasteiger partial charge in [0.05, 0.1) is 11.6 Å². The SMILES string of the molecule is CC[C@@H](NC(=O)NC[C@]1(O)CCSC1)c1cccc(Cl)c1. The minimum absolute atomic E-state index is 0.0868. The van der Waals surface area contributed by atoms with Crippen LogP contribution in [-0.2, 0) is 0 Å². The van der Waals surface area contributed by atoms with E-state index in [9.17, 15) is 9.90 Å². The van der Waals surface area contributed by atoms with E-state index in [2.05, 4.69) is 10.6 Å². The summed E-state index contributed by atoms with van der Waals surface area (Å²) in [6, 6.07) is 7.14. The van der Waals surface area contributed by atoms with Gasteiger partial charge in [0.2, 0.25) is 0 Å². The van der Waals surface area contributed by atoms with Crippen molar-refractivity contribution in [3.8, 4) is 0 Å². The van der Waals surface area contributed by atoms with Crippen LogP contribution in [0.3, 0.4) is 0 Å². The van der Waals surface area contributed by atoms with E-state index in [0.717, 1.165) is 24.2 Å². The van der Waals surface area contributed by atoms with Crippen LogP contribution in [0.25, 0.3) is 0 Å². The van der Waals surface area contributed by atoms with E-state index < -0.39 is 5.60 Å². The highest BCUT2D eigenvalue weighted by Gasteiger charge is 2.32. The molecule has 1 saturated heterocycles. The molecule has 0 spiro atoms. The molecular formula is C15H21ClN2O2S. The van der Waals surface area contributed by atoms with Crippen LogP contribution in [0.2, 0.25) is 5.02 Å². The molecule has 0 bridgehead atoms.